The van der Waals surface area contributed by atoms with Crippen LogP contribution in [0.2, 0.25) is 0 Å². The van der Waals surface area contributed by atoms with E-state index in [1.807, 2.05) is 25.1 Å². The smallest absolute Gasteiger partial charge is 0.325 e. The highest BCUT2D eigenvalue weighted by molar-refractivity contribution is 7.22. The summed E-state index contributed by atoms with van der Waals surface area (Å²) in [6, 6.07) is 5.28. The first-order chi connectivity index (χ1) is 14.0. The molecule has 1 aromatic carbocycles. The van der Waals surface area contributed by atoms with Gasteiger partial charge in [-0.05, 0) is 44.4 Å². The molecule has 0 radical (unpaired) electrons. The third-order valence-corrected chi connectivity index (χ3v) is 6.34. The SMILES string of the molecule is CCOc1ccc2nc(NC(=O)CCCN3C(=O)NC4(CCCC4)C3=O)sc2c1. The van der Waals surface area contributed by atoms with Crippen molar-refractivity contribution in [3.63, 3.8) is 0 Å². The second-order valence-corrected chi connectivity index (χ2v) is 8.44. The molecule has 0 atom stereocenters. The summed E-state index contributed by atoms with van der Waals surface area (Å²) < 4.78 is 6.42. The maximum Gasteiger partial charge on any atom is 0.325 e. The summed E-state index contributed by atoms with van der Waals surface area (Å²) in [7, 11) is 0. The maximum atomic E-state index is 12.6. The summed E-state index contributed by atoms with van der Waals surface area (Å²) in [4.78, 5) is 42.7. The van der Waals surface area contributed by atoms with Crippen molar-refractivity contribution >= 4 is 44.5 Å². The Labute approximate surface area is 172 Å². The van der Waals surface area contributed by atoms with Gasteiger partial charge in [0.25, 0.3) is 5.91 Å². The highest BCUT2D eigenvalue weighted by atomic mass is 32.1. The highest BCUT2D eigenvalue weighted by Crippen LogP contribution is 2.35. The lowest BCUT2D eigenvalue weighted by atomic mass is 9.98. The number of urea groups is 1. The monoisotopic (exact) mass is 416 g/mol. The molecule has 1 spiro atoms. The molecule has 2 aromatic rings. The Balaban J connectivity index is 1.30. The molecule has 9 heteroatoms. The summed E-state index contributed by atoms with van der Waals surface area (Å²) in [6.07, 6.45) is 3.95. The fourth-order valence-electron chi connectivity index (χ4n) is 3.99. The second-order valence-electron chi connectivity index (χ2n) is 7.41. The molecule has 0 unspecified atom stereocenters. The topological polar surface area (TPSA) is 101 Å². The van der Waals surface area contributed by atoms with E-state index in [1.54, 1.807) is 0 Å². The molecule has 2 fully saturated rings. The van der Waals surface area contributed by atoms with Gasteiger partial charge in [0.2, 0.25) is 5.91 Å². The number of anilines is 1. The Hall–Kier alpha value is -2.68. The van der Waals surface area contributed by atoms with E-state index >= 15 is 0 Å². The Kier molecular flexibility index (Phi) is 5.40. The van der Waals surface area contributed by atoms with Crippen molar-refractivity contribution in [2.24, 2.45) is 0 Å². The molecule has 1 aliphatic carbocycles. The lowest BCUT2D eigenvalue weighted by molar-refractivity contribution is -0.131. The molecule has 1 aromatic heterocycles. The number of thiazole rings is 1. The van der Waals surface area contributed by atoms with Gasteiger partial charge < -0.3 is 15.4 Å². The van der Waals surface area contributed by atoms with E-state index < -0.39 is 5.54 Å². The van der Waals surface area contributed by atoms with Crippen molar-refractivity contribution in [3.8, 4) is 5.75 Å². The number of aromatic nitrogens is 1. The van der Waals surface area contributed by atoms with Crippen LogP contribution in [-0.2, 0) is 9.59 Å². The largest absolute Gasteiger partial charge is 0.494 e. The lowest BCUT2D eigenvalue weighted by Gasteiger charge is -2.19. The van der Waals surface area contributed by atoms with Gasteiger partial charge in [0.1, 0.15) is 11.3 Å². The van der Waals surface area contributed by atoms with E-state index in [0.29, 0.717) is 31.0 Å². The van der Waals surface area contributed by atoms with Gasteiger partial charge in [0.15, 0.2) is 5.13 Å². The standard InChI is InChI=1S/C20H24N4O4S/c1-2-28-13-7-8-14-15(12-13)29-18(21-14)22-16(25)6-5-11-24-17(26)20(23-19(24)27)9-3-4-10-20/h7-8,12H,2-6,9-11H2,1H3,(H,23,27)(H,21,22,25). The first kappa shape index (κ1) is 19.6. The van der Waals surface area contributed by atoms with Crippen molar-refractivity contribution in [1.29, 1.82) is 0 Å². The van der Waals surface area contributed by atoms with Crippen LogP contribution in [0.25, 0.3) is 10.2 Å². The average Bonchev–Trinajstić information content (AvgIpc) is 3.36. The van der Waals surface area contributed by atoms with Gasteiger partial charge >= 0.3 is 6.03 Å². The summed E-state index contributed by atoms with van der Waals surface area (Å²) in [5.74, 6) is 0.448. The minimum atomic E-state index is -0.694. The average molecular weight is 417 g/mol. The number of amides is 4. The van der Waals surface area contributed by atoms with Crippen LogP contribution in [0.3, 0.4) is 0 Å². The maximum absolute atomic E-state index is 12.6. The van der Waals surface area contributed by atoms with Crippen LogP contribution in [0.1, 0.15) is 45.4 Å². The number of hydrogen-bond acceptors (Lipinski definition) is 6. The molecule has 154 valence electrons. The minimum absolute atomic E-state index is 0.142. The molecule has 4 rings (SSSR count). The van der Waals surface area contributed by atoms with E-state index in [0.717, 1.165) is 28.8 Å². The zero-order chi connectivity index (χ0) is 20.4. The van der Waals surface area contributed by atoms with Crippen LogP contribution in [0.5, 0.6) is 5.75 Å². The Morgan fingerprint density at radius 2 is 2.14 bits per heavy atom. The normalized spacial score (nSPS) is 17.9. The summed E-state index contributed by atoms with van der Waals surface area (Å²) in [6.45, 7) is 2.76. The fourth-order valence-corrected chi connectivity index (χ4v) is 4.90. The van der Waals surface area contributed by atoms with Crippen molar-refractivity contribution in [1.82, 2.24) is 15.2 Å². The van der Waals surface area contributed by atoms with E-state index in [9.17, 15) is 14.4 Å². The van der Waals surface area contributed by atoms with Crippen LogP contribution in [0, 0.1) is 0 Å². The molecule has 1 saturated carbocycles. The first-order valence-corrected chi connectivity index (χ1v) is 10.8. The number of rotatable bonds is 7. The van der Waals surface area contributed by atoms with Gasteiger partial charge in [-0.25, -0.2) is 9.78 Å². The van der Waals surface area contributed by atoms with E-state index in [-0.39, 0.29) is 30.8 Å². The quantitative estimate of drug-likeness (QED) is 0.675. The predicted molar refractivity (Wildman–Crippen MR) is 110 cm³/mol. The molecule has 2 aliphatic rings. The van der Waals surface area contributed by atoms with Crippen LogP contribution in [0.15, 0.2) is 18.2 Å². The predicted octanol–water partition coefficient (Wildman–Crippen LogP) is 3.28. The van der Waals surface area contributed by atoms with Gasteiger partial charge in [0, 0.05) is 13.0 Å². The number of carbonyl (C=O) groups excluding carboxylic acids is 3. The zero-order valence-electron chi connectivity index (χ0n) is 16.3. The molecule has 2 heterocycles. The summed E-state index contributed by atoms with van der Waals surface area (Å²) >= 11 is 1.39. The number of imide groups is 1. The summed E-state index contributed by atoms with van der Waals surface area (Å²) in [5, 5.41) is 6.18. The molecule has 1 saturated heterocycles. The lowest BCUT2D eigenvalue weighted by Crippen LogP contribution is -2.44. The zero-order valence-corrected chi connectivity index (χ0v) is 17.1. The Bertz CT molecular complexity index is 951. The molecule has 0 bridgehead atoms. The van der Waals surface area contributed by atoms with E-state index in [1.165, 1.54) is 16.2 Å². The van der Waals surface area contributed by atoms with Crippen LogP contribution < -0.4 is 15.4 Å². The van der Waals surface area contributed by atoms with Crippen molar-refractivity contribution in [2.45, 2.75) is 51.0 Å². The molecular weight excluding hydrogens is 392 g/mol. The minimum Gasteiger partial charge on any atom is -0.494 e. The van der Waals surface area contributed by atoms with E-state index in [2.05, 4.69) is 15.6 Å². The van der Waals surface area contributed by atoms with Crippen molar-refractivity contribution < 1.29 is 19.1 Å². The number of benzene rings is 1. The van der Waals surface area contributed by atoms with Crippen LogP contribution in [-0.4, -0.2) is 46.4 Å². The number of nitrogens with one attached hydrogen (secondary N) is 2. The fraction of sp³-hybridized carbons (Fsp3) is 0.500. The van der Waals surface area contributed by atoms with Crippen LogP contribution in [0.4, 0.5) is 9.93 Å². The second kappa shape index (κ2) is 7.98. The number of nitrogens with zero attached hydrogens (tertiary/aromatic N) is 2. The number of carbonyl (C=O) groups is 3. The van der Waals surface area contributed by atoms with E-state index in [4.69, 9.17) is 4.74 Å². The third kappa shape index (κ3) is 3.91. The molecule has 2 N–H and O–H groups in total. The first-order valence-electron chi connectivity index (χ1n) is 9.98. The molecule has 8 nitrogen and oxygen atoms in total. The van der Waals surface area contributed by atoms with Crippen molar-refractivity contribution in [2.75, 3.05) is 18.5 Å². The Morgan fingerprint density at radius 1 is 1.34 bits per heavy atom. The number of fused-ring (bicyclic) bond motifs is 1. The van der Waals surface area contributed by atoms with Crippen molar-refractivity contribution in [3.05, 3.63) is 18.2 Å². The van der Waals surface area contributed by atoms with Gasteiger partial charge in [0.05, 0.1) is 16.8 Å². The van der Waals surface area contributed by atoms with Gasteiger partial charge in [-0.15, -0.1) is 0 Å². The molecule has 1 aliphatic heterocycles. The van der Waals surface area contributed by atoms with Gasteiger partial charge in [-0.3, -0.25) is 14.5 Å². The molecular formula is C20H24N4O4S. The molecule has 29 heavy (non-hydrogen) atoms. The van der Waals surface area contributed by atoms with Gasteiger partial charge in [-0.1, -0.05) is 24.2 Å². The molecule has 4 amide bonds. The van der Waals surface area contributed by atoms with Crippen LogP contribution >= 0.6 is 11.3 Å². The number of hydrogen-bond donors (Lipinski definition) is 2. The summed E-state index contributed by atoms with van der Waals surface area (Å²) in [5.41, 5.74) is 0.107. The Morgan fingerprint density at radius 3 is 2.90 bits per heavy atom. The number of ether oxygens (including phenoxy) is 1. The third-order valence-electron chi connectivity index (χ3n) is 5.41. The highest BCUT2D eigenvalue weighted by Gasteiger charge is 2.52. The van der Waals surface area contributed by atoms with Gasteiger partial charge in [-0.2, -0.15) is 0 Å².